The largest absolute Gasteiger partial charge is 0.489 e. The Morgan fingerprint density at radius 2 is 1.66 bits per heavy atom. The van der Waals surface area contributed by atoms with Gasteiger partial charge >= 0.3 is 5.97 Å². The average Bonchev–Trinajstić information content (AvgIpc) is 2.73. The van der Waals surface area contributed by atoms with Gasteiger partial charge in [-0.1, -0.05) is 42.5 Å². The van der Waals surface area contributed by atoms with Crippen molar-refractivity contribution in [3.8, 4) is 5.75 Å². The molecule has 0 atom stereocenters. The molecule has 3 rings (SSSR count). The summed E-state index contributed by atoms with van der Waals surface area (Å²) in [6.45, 7) is 0.102. The van der Waals surface area contributed by atoms with Gasteiger partial charge < -0.3 is 14.1 Å². The number of carboxylic acids is 1. The summed E-state index contributed by atoms with van der Waals surface area (Å²) in [6, 6.07) is 22.9. The molecule has 3 aromatic rings. The third kappa shape index (κ3) is 5.73. The summed E-state index contributed by atoms with van der Waals surface area (Å²) in [5.41, 5.74) is 1.56. The lowest BCUT2D eigenvalue weighted by molar-refractivity contribution is -0.387. The van der Waals surface area contributed by atoms with E-state index in [9.17, 15) is 20.0 Å². The first kappa shape index (κ1) is 20.2. The van der Waals surface area contributed by atoms with Crippen molar-refractivity contribution in [3.05, 3.63) is 94.5 Å². The van der Waals surface area contributed by atoms with Crippen LogP contribution in [0.3, 0.4) is 0 Å². The average molecular weight is 410 g/mol. The summed E-state index contributed by atoms with van der Waals surface area (Å²) in [5.74, 6) is -0.399. The molecule has 0 heterocycles. The van der Waals surface area contributed by atoms with Crippen LogP contribution >= 0.6 is 11.9 Å². The highest BCUT2D eigenvalue weighted by molar-refractivity contribution is 8.00. The fraction of sp³-hybridized carbons (Fsp3) is 0.0952. The minimum absolute atomic E-state index is 0.0734. The number of para-hydroxylation sites is 1. The van der Waals surface area contributed by atoms with Crippen molar-refractivity contribution in [1.82, 2.24) is 0 Å². The maximum atomic E-state index is 11.3. The molecular weight excluding hydrogens is 392 g/mol. The minimum Gasteiger partial charge on any atom is -0.489 e. The molecule has 0 saturated carbocycles. The molecule has 0 aliphatic heterocycles. The van der Waals surface area contributed by atoms with E-state index in [2.05, 4.69) is 0 Å². The van der Waals surface area contributed by atoms with Gasteiger partial charge in [0, 0.05) is 11.8 Å². The third-order valence-electron chi connectivity index (χ3n) is 3.92. The molecule has 0 radical (unpaired) electrons. The monoisotopic (exact) mass is 410 g/mol. The molecule has 148 valence electrons. The van der Waals surface area contributed by atoms with Crippen LogP contribution in [0.2, 0.25) is 0 Å². The Balaban J connectivity index is 1.75. The highest BCUT2D eigenvalue weighted by Gasteiger charge is 2.19. The van der Waals surface area contributed by atoms with Crippen molar-refractivity contribution in [2.45, 2.75) is 11.5 Å². The maximum Gasteiger partial charge on any atom is 0.324 e. The molecule has 0 unspecified atom stereocenters. The van der Waals surface area contributed by atoms with E-state index < -0.39 is 10.9 Å². The van der Waals surface area contributed by atoms with E-state index in [0.717, 1.165) is 17.5 Å². The van der Waals surface area contributed by atoms with E-state index in [0.29, 0.717) is 22.9 Å². The number of carboxylic acid groups (broad SMARTS) is 1. The number of anilines is 1. The van der Waals surface area contributed by atoms with Crippen LogP contribution < -0.4 is 9.04 Å². The number of hydrogen-bond acceptors (Lipinski definition) is 6. The number of nitro benzene ring substituents is 1. The van der Waals surface area contributed by atoms with Gasteiger partial charge in [0.15, 0.2) is 0 Å². The van der Waals surface area contributed by atoms with Gasteiger partial charge in [0.2, 0.25) is 0 Å². The molecule has 3 aromatic carbocycles. The zero-order valence-corrected chi connectivity index (χ0v) is 16.1. The second kappa shape index (κ2) is 9.61. The molecule has 0 fully saturated rings. The third-order valence-corrected chi connectivity index (χ3v) is 5.02. The van der Waals surface area contributed by atoms with Crippen LogP contribution in [0, 0.1) is 10.1 Å². The standard InChI is InChI=1S/C21H18N2O5S/c24-21(25)14-22(29-20-9-5-4-8-19(20)23(26)27)17-10-12-18(13-11-17)28-15-16-6-2-1-3-7-16/h1-13H,14-15H2,(H,24,25). The second-order valence-corrected chi connectivity index (χ2v) is 7.08. The fourth-order valence-corrected chi connectivity index (χ4v) is 3.57. The number of carbonyl (C=O) groups is 1. The predicted molar refractivity (Wildman–Crippen MR) is 111 cm³/mol. The predicted octanol–water partition coefficient (Wildman–Crippen LogP) is 4.77. The number of nitrogens with zero attached hydrogens (tertiary/aromatic N) is 2. The van der Waals surface area contributed by atoms with Crippen LogP contribution in [0.25, 0.3) is 0 Å². The van der Waals surface area contributed by atoms with Crippen LogP contribution in [0.15, 0.2) is 83.8 Å². The Labute approximate surface area is 171 Å². The lowest BCUT2D eigenvalue weighted by Gasteiger charge is -2.21. The summed E-state index contributed by atoms with van der Waals surface area (Å²) in [5, 5.41) is 20.5. The number of ether oxygens (including phenoxy) is 1. The minimum atomic E-state index is -1.04. The first-order chi connectivity index (χ1) is 14.0. The molecule has 0 saturated heterocycles. The lowest BCUT2D eigenvalue weighted by atomic mass is 10.2. The van der Waals surface area contributed by atoms with Crippen molar-refractivity contribution in [2.75, 3.05) is 10.8 Å². The zero-order valence-electron chi connectivity index (χ0n) is 15.3. The van der Waals surface area contributed by atoms with Gasteiger partial charge in [0.05, 0.1) is 4.92 Å². The van der Waals surface area contributed by atoms with Gasteiger partial charge in [-0.3, -0.25) is 14.9 Å². The molecule has 0 aliphatic carbocycles. The Bertz CT molecular complexity index is 980. The van der Waals surface area contributed by atoms with Gasteiger partial charge in [0.25, 0.3) is 5.69 Å². The normalized spacial score (nSPS) is 10.3. The first-order valence-electron chi connectivity index (χ1n) is 8.70. The number of nitro groups is 1. The van der Waals surface area contributed by atoms with Crippen molar-refractivity contribution in [2.24, 2.45) is 0 Å². The van der Waals surface area contributed by atoms with Gasteiger partial charge in [-0.2, -0.15) is 0 Å². The molecule has 0 spiro atoms. The van der Waals surface area contributed by atoms with Crippen LogP contribution in [-0.4, -0.2) is 22.5 Å². The smallest absolute Gasteiger partial charge is 0.324 e. The molecule has 1 N–H and O–H groups in total. The summed E-state index contributed by atoms with van der Waals surface area (Å²) in [4.78, 5) is 22.4. The summed E-state index contributed by atoms with van der Waals surface area (Å²) >= 11 is 1.01. The lowest BCUT2D eigenvalue weighted by Crippen LogP contribution is -2.23. The first-order valence-corrected chi connectivity index (χ1v) is 9.48. The van der Waals surface area contributed by atoms with Gasteiger partial charge in [-0.15, -0.1) is 0 Å². The van der Waals surface area contributed by atoms with Crippen molar-refractivity contribution in [1.29, 1.82) is 0 Å². The summed E-state index contributed by atoms with van der Waals surface area (Å²) in [6.07, 6.45) is 0. The molecule has 0 aromatic heterocycles. The molecule has 0 aliphatic rings. The van der Waals surface area contributed by atoms with E-state index in [1.807, 2.05) is 30.3 Å². The second-order valence-electron chi connectivity index (χ2n) is 6.01. The quantitative estimate of drug-likeness (QED) is 0.308. The van der Waals surface area contributed by atoms with Crippen molar-refractivity contribution < 1.29 is 19.6 Å². The van der Waals surface area contributed by atoms with E-state index >= 15 is 0 Å². The van der Waals surface area contributed by atoms with Crippen LogP contribution in [-0.2, 0) is 11.4 Å². The van der Waals surface area contributed by atoms with Crippen LogP contribution in [0.5, 0.6) is 5.75 Å². The van der Waals surface area contributed by atoms with E-state index in [-0.39, 0.29) is 12.2 Å². The van der Waals surface area contributed by atoms with E-state index in [1.165, 1.54) is 10.4 Å². The topological polar surface area (TPSA) is 92.9 Å². The fourth-order valence-electron chi connectivity index (χ4n) is 2.55. The Hall–Kier alpha value is -3.52. The van der Waals surface area contributed by atoms with Gasteiger partial charge in [0.1, 0.15) is 23.8 Å². The van der Waals surface area contributed by atoms with Crippen molar-refractivity contribution >= 4 is 29.3 Å². The van der Waals surface area contributed by atoms with Gasteiger partial charge in [-0.05, 0) is 47.8 Å². The molecule has 7 nitrogen and oxygen atoms in total. The number of benzene rings is 3. The van der Waals surface area contributed by atoms with E-state index in [4.69, 9.17) is 4.74 Å². The molecular formula is C21H18N2O5S. The number of aliphatic carboxylic acids is 1. The Kier molecular flexibility index (Phi) is 6.70. The summed E-state index contributed by atoms with van der Waals surface area (Å²) in [7, 11) is 0. The molecule has 0 amide bonds. The maximum absolute atomic E-state index is 11.3. The highest BCUT2D eigenvalue weighted by atomic mass is 32.2. The molecule has 0 bridgehead atoms. The van der Waals surface area contributed by atoms with Gasteiger partial charge in [-0.25, -0.2) is 0 Å². The SMILES string of the molecule is O=C(O)CN(Sc1ccccc1[N+](=O)[O-])c1ccc(OCc2ccccc2)cc1. The molecule has 29 heavy (non-hydrogen) atoms. The zero-order chi connectivity index (χ0) is 20.6. The highest BCUT2D eigenvalue weighted by Crippen LogP contribution is 2.35. The molecule has 8 heteroatoms. The van der Waals surface area contributed by atoms with Crippen LogP contribution in [0.4, 0.5) is 11.4 Å². The Morgan fingerprint density at radius 3 is 2.31 bits per heavy atom. The number of rotatable bonds is 9. The van der Waals surface area contributed by atoms with E-state index in [1.54, 1.807) is 42.5 Å². The van der Waals surface area contributed by atoms with Crippen molar-refractivity contribution in [3.63, 3.8) is 0 Å². The summed E-state index contributed by atoms with van der Waals surface area (Å²) < 4.78 is 7.24. The number of hydrogen-bond donors (Lipinski definition) is 1. The Morgan fingerprint density at radius 1 is 1.00 bits per heavy atom. The van der Waals surface area contributed by atoms with Crippen LogP contribution in [0.1, 0.15) is 5.56 Å².